The number of carbonyl (C=O) groups is 1. The molecule has 3 heteroatoms. The molecule has 3 nitrogen and oxygen atoms in total. The molecule has 0 aliphatic carbocycles. The zero-order chi connectivity index (χ0) is 15.3. The van der Waals surface area contributed by atoms with Crippen molar-refractivity contribution in [1.82, 2.24) is 0 Å². The third kappa shape index (κ3) is 2.32. The molecule has 1 N–H and O–H groups in total. The van der Waals surface area contributed by atoms with Gasteiger partial charge in [-0.05, 0) is 43.2 Å². The smallest absolute Gasteiger partial charge is 0.315 e. The summed E-state index contributed by atoms with van der Waals surface area (Å²) in [5, 5.41) is 12.9. The van der Waals surface area contributed by atoms with Crippen LogP contribution in [0.5, 0.6) is 0 Å². The molecule has 0 amide bonds. The first kappa shape index (κ1) is 14.1. The van der Waals surface area contributed by atoms with Gasteiger partial charge in [-0.1, -0.05) is 36.4 Å². The Balaban J connectivity index is 2.00. The van der Waals surface area contributed by atoms with Gasteiger partial charge in [0.05, 0.1) is 11.5 Å². The predicted octanol–water partition coefficient (Wildman–Crippen LogP) is 3.61. The number of hydrogen-bond donors (Lipinski definition) is 1. The van der Waals surface area contributed by atoms with E-state index in [-0.39, 0.29) is 5.97 Å². The summed E-state index contributed by atoms with van der Waals surface area (Å²) < 4.78 is 5.40. The number of ether oxygens (including phenoxy) is 1. The van der Waals surface area contributed by atoms with Gasteiger partial charge < -0.3 is 9.84 Å². The van der Waals surface area contributed by atoms with Crippen molar-refractivity contribution in [2.45, 2.75) is 38.9 Å². The number of aliphatic hydroxyl groups excluding tert-OH is 1. The maximum atomic E-state index is 12.2. The highest BCUT2D eigenvalue weighted by Gasteiger charge is 2.54. The summed E-state index contributed by atoms with van der Waals surface area (Å²) >= 11 is 0. The number of carbonyl (C=O) groups excluding carboxylic acids is 1. The second kappa shape index (κ2) is 4.57. The highest BCUT2D eigenvalue weighted by molar-refractivity contribution is 5.84. The van der Waals surface area contributed by atoms with Crippen LogP contribution in [-0.4, -0.2) is 16.7 Å². The predicted molar refractivity (Wildman–Crippen MR) is 81.8 cm³/mol. The Hall–Kier alpha value is -1.87. The molecule has 0 unspecified atom stereocenters. The maximum Gasteiger partial charge on any atom is 0.315 e. The third-order valence-electron chi connectivity index (χ3n) is 4.32. The number of hydrogen-bond acceptors (Lipinski definition) is 3. The lowest BCUT2D eigenvalue weighted by atomic mass is 9.76. The van der Waals surface area contributed by atoms with Gasteiger partial charge in [0.2, 0.25) is 0 Å². The van der Waals surface area contributed by atoms with Gasteiger partial charge in [-0.25, -0.2) is 0 Å². The lowest BCUT2D eigenvalue weighted by molar-refractivity contribution is -0.155. The van der Waals surface area contributed by atoms with Gasteiger partial charge >= 0.3 is 5.97 Å². The standard InChI is InChI=1S/C18H20O3/c1-17(2)11-18(3,16(20)21-17)15(19)14-9-8-12-6-4-5-7-13(12)10-14/h4-10,15,19H,11H2,1-3H3/t15-,18-/m1/s1. The summed E-state index contributed by atoms with van der Waals surface area (Å²) in [7, 11) is 0. The van der Waals surface area contributed by atoms with Crippen molar-refractivity contribution >= 4 is 16.7 Å². The number of fused-ring (bicyclic) bond motifs is 1. The maximum absolute atomic E-state index is 12.2. The molecule has 1 aliphatic heterocycles. The van der Waals surface area contributed by atoms with E-state index in [0.29, 0.717) is 6.42 Å². The van der Waals surface area contributed by atoms with E-state index in [2.05, 4.69) is 0 Å². The molecule has 110 valence electrons. The van der Waals surface area contributed by atoms with Crippen molar-refractivity contribution < 1.29 is 14.6 Å². The van der Waals surface area contributed by atoms with E-state index in [1.165, 1.54) is 0 Å². The summed E-state index contributed by atoms with van der Waals surface area (Å²) in [6, 6.07) is 13.8. The Morgan fingerprint density at radius 3 is 2.38 bits per heavy atom. The lowest BCUT2D eigenvalue weighted by Crippen LogP contribution is -2.30. The van der Waals surface area contributed by atoms with E-state index < -0.39 is 17.1 Å². The molecule has 3 rings (SSSR count). The van der Waals surface area contributed by atoms with Crippen LogP contribution in [0.25, 0.3) is 10.8 Å². The van der Waals surface area contributed by atoms with E-state index in [0.717, 1.165) is 16.3 Å². The fourth-order valence-electron chi connectivity index (χ4n) is 3.31. The monoisotopic (exact) mass is 284 g/mol. The molecular formula is C18H20O3. The van der Waals surface area contributed by atoms with Crippen molar-refractivity contribution in [1.29, 1.82) is 0 Å². The molecule has 2 aromatic rings. The van der Waals surface area contributed by atoms with Crippen LogP contribution in [-0.2, 0) is 9.53 Å². The second-order valence-corrected chi connectivity index (χ2v) is 6.75. The molecule has 0 bridgehead atoms. The molecule has 1 aliphatic rings. The summed E-state index contributed by atoms with van der Waals surface area (Å²) in [6.45, 7) is 5.54. The van der Waals surface area contributed by atoms with Crippen LogP contribution in [0.3, 0.4) is 0 Å². The Kier molecular flexibility index (Phi) is 3.06. The SMILES string of the molecule is CC1(C)C[C@](C)([C@H](O)c2ccc3ccccc3c2)C(=O)O1. The third-order valence-corrected chi connectivity index (χ3v) is 4.32. The Morgan fingerprint density at radius 1 is 1.10 bits per heavy atom. The zero-order valence-electron chi connectivity index (χ0n) is 12.6. The van der Waals surface area contributed by atoms with Crippen LogP contribution in [0.15, 0.2) is 42.5 Å². The number of cyclic esters (lactones) is 1. The number of benzene rings is 2. The fourth-order valence-corrected chi connectivity index (χ4v) is 3.31. The zero-order valence-corrected chi connectivity index (χ0v) is 12.6. The Bertz CT molecular complexity index is 704. The molecule has 1 saturated heterocycles. The van der Waals surface area contributed by atoms with Crippen molar-refractivity contribution in [3.63, 3.8) is 0 Å². The molecule has 0 saturated carbocycles. The van der Waals surface area contributed by atoms with Gasteiger partial charge in [0.25, 0.3) is 0 Å². The highest BCUT2D eigenvalue weighted by Crippen LogP contribution is 2.48. The van der Waals surface area contributed by atoms with Crippen molar-refractivity contribution in [3.05, 3.63) is 48.0 Å². The largest absolute Gasteiger partial charge is 0.459 e. The van der Waals surface area contributed by atoms with Crippen LogP contribution in [0.1, 0.15) is 38.9 Å². The number of rotatable bonds is 2. The minimum Gasteiger partial charge on any atom is -0.459 e. The van der Waals surface area contributed by atoms with Crippen molar-refractivity contribution in [2.24, 2.45) is 5.41 Å². The first-order chi connectivity index (χ1) is 9.82. The van der Waals surface area contributed by atoms with Crippen molar-refractivity contribution in [3.8, 4) is 0 Å². The normalized spacial score (nSPS) is 25.8. The summed E-state index contributed by atoms with van der Waals surface area (Å²) in [4.78, 5) is 12.2. The molecule has 21 heavy (non-hydrogen) atoms. The van der Waals surface area contributed by atoms with E-state index in [9.17, 15) is 9.90 Å². The molecule has 1 fully saturated rings. The van der Waals surface area contributed by atoms with E-state index in [1.807, 2.05) is 56.3 Å². The van der Waals surface area contributed by atoms with Gasteiger partial charge in [-0.2, -0.15) is 0 Å². The van der Waals surface area contributed by atoms with Crippen LogP contribution in [0, 0.1) is 5.41 Å². The number of esters is 1. The summed E-state index contributed by atoms with van der Waals surface area (Å²) in [6.07, 6.45) is -0.358. The minimum atomic E-state index is -0.897. The average Bonchev–Trinajstić information content (AvgIpc) is 2.66. The van der Waals surface area contributed by atoms with Gasteiger partial charge in [-0.15, -0.1) is 0 Å². The summed E-state index contributed by atoms with van der Waals surface area (Å²) in [5.74, 6) is -0.326. The topological polar surface area (TPSA) is 46.5 Å². The fraction of sp³-hybridized carbons (Fsp3) is 0.389. The first-order valence-corrected chi connectivity index (χ1v) is 7.22. The Labute approximate surface area is 124 Å². The minimum absolute atomic E-state index is 0.326. The molecule has 2 aromatic carbocycles. The van der Waals surface area contributed by atoms with Crippen LogP contribution < -0.4 is 0 Å². The molecule has 2 atom stereocenters. The highest BCUT2D eigenvalue weighted by atomic mass is 16.6. The van der Waals surface area contributed by atoms with Crippen LogP contribution in [0.4, 0.5) is 0 Å². The van der Waals surface area contributed by atoms with Gasteiger partial charge in [0.15, 0.2) is 0 Å². The van der Waals surface area contributed by atoms with Gasteiger partial charge in [0, 0.05) is 6.42 Å². The summed E-state index contributed by atoms with van der Waals surface area (Å²) in [5.41, 5.74) is -0.666. The molecule has 0 aromatic heterocycles. The molecular weight excluding hydrogens is 264 g/mol. The van der Waals surface area contributed by atoms with Crippen molar-refractivity contribution in [2.75, 3.05) is 0 Å². The van der Waals surface area contributed by atoms with E-state index in [4.69, 9.17) is 4.74 Å². The average molecular weight is 284 g/mol. The van der Waals surface area contributed by atoms with E-state index in [1.54, 1.807) is 6.92 Å². The molecule has 0 spiro atoms. The second-order valence-electron chi connectivity index (χ2n) is 6.75. The van der Waals surface area contributed by atoms with Gasteiger partial charge in [-0.3, -0.25) is 4.79 Å². The lowest BCUT2D eigenvalue weighted by Gasteiger charge is -2.27. The first-order valence-electron chi connectivity index (χ1n) is 7.22. The van der Waals surface area contributed by atoms with Crippen LogP contribution >= 0.6 is 0 Å². The van der Waals surface area contributed by atoms with Gasteiger partial charge in [0.1, 0.15) is 5.60 Å². The molecule has 1 heterocycles. The van der Waals surface area contributed by atoms with E-state index >= 15 is 0 Å². The molecule has 0 radical (unpaired) electrons. The van der Waals surface area contributed by atoms with Crippen LogP contribution in [0.2, 0.25) is 0 Å². The number of aliphatic hydroxyl groups is 1. The Morgan fingerprint density at radius 2 is 1.76 bits per heavy atom. The quantitative estimate of drug-likeness (QED) is 0.857.